The lowest BCUT2D eigenvalue weighted by Gasteiger charge is -2.07. The van der Waals surface area contributed by atoms with E-state index >= 15 is 0 Å². The molecule has 0 aliphatic carbocycles. The number of hydrogen-bond donors (Lipinski definition) is 2. The predicted molar refractivity (Wildman–Crippen MR) is 91.3 cm³/mol. The molecule has 2 amide bonds. The number of hydrogen-bond acceptors (Lipinski definition) is 3. The van der Waals surface area contributed by atoms with Crippen LogP contribution in [0, 0.1) is 0 Å². The van der Waals surface area contributed by atoms with Crippen molar-refractivity contribution in [3.63, 3.8) is 0 Å². The standard InChI is InChI=1S/C18H16N4O2/c1-19-17(23)13-2-6-15(7-3-13)21-18(24)14-4-8-16(9-5-14)22-11-10-20-12-22/h2-12H,1H3,(H,19,23)(H,21,24). The van der Waals surface area contributed by atoms with Crippen LogP contribution in [0.15, 0.2) is 67.3 Å². The zero-order valence-corrected chi connectivity index (χ0v) is 13.1. The lowest BCUT2D eigenvalue weighted by Crippen LogP contribution is -2.17. The summed E-state index contributed by atoms with van der Waals surface area (Å²) in [5.41, 5.74) is 2.65. The Balaban J connectivity index is 1.69. The van der Waals surface area contributed by atoms with Crippen molar-refractivity contribution < 1.29 is 9.59 Å². The second kappa shape index (κ2) is 6.78. The fourth-order valence-electron chi connectivity index (χ4n) is 2.25. The van der Waals surface area contributed by atoms with Crippen molar-refractivity contribution in [1.29, 1.82) is 0 Å². The molecule has 2 N–H and O–H groups in total. The predicted octanol–water partition coefficient (Wildman–Crippen LogP) is 2.48. The van der Waals surface area contributed by atoms with Crippen LogP contribution in [0.4, 0.5) is 5.69 Å². The van der Waals surface area contributed by atoms with Crippen LogP contribution in [0.3, 0.4) is 0 Å². The Bertz CT molecular complexity index is 838. The third-order valence-corrected chi connectivity index (χ3v) is 3.56. The Morgan fingerprint density at radius 3 is 2.12 bits per heavy atom. The zero-order valence-electron chi connectivity index (χ0n) is 13.1. The van der Waals surface area contributed by atoms with Gasteiger partial charge in [-0.15, -0.1) is 0 Å². The summed E-state index contributed by atoms with van der Waals surface area (Å²) >= 11 is 0. The summed E-state index contributed by atoms with van der Waals surface area (Å²) in [6.45, 7) is 0. The molecular formula is C18H16N4O2. The van der Waals surface area contributed by atoms with Gasteiger partial charge in [0.1, 0.15) is 0 Å². The van der Waals surface area contributed by atoms with E-state index in [2.05, 4.69) is 15.6 Å². The molecule has 120 valence electrons. The maximum absolute atomic E-state index is 12.3. The van der Waals surface area contributed by atoms with Crippen molar-refractivity contribution in [2.45, 2.75) is 0 Å². The van der Waals surface area contributed by atoms with Crippen molar-refractivity contribution in [2.75, 3.05) is 12.4 Å². The number of carbonyl (C=O) groups is 2. The SMILES string of the molecule is CNC(=O)c1ccc(NC(=O)c2ccc(-n3ccnc3)cc2)cc1. The maximum Gasteiger partial charge on any atom is 0.255 e. The van der Waals surface area contributed by atoms with Crippen molar-refractivity contribution in [1.82, 2.24) is 14.9 Å². The highest BCUT2D eigenvalue weighted by molar-refractivity contribution is 6.04. The molecule has 1 heterocycles. The Hall–Kier alpha value is -3.41. The van der Waals surface area contributed by atoms with Crippen LogP contribution >= 0.6 is 0 Å². The summed E-state index contributed by atoms with van der Waals surface area (Å²) in [4.78, 5) is 27.8. The van der Waals surface area contributed by atoms with Gasteiger partial charge in [-0.3, -0.25) is 9.59 Å². The highest BCUT2D eigenvalue weighted by Gasteiger charge is 2.08. The number of aromatic nitrogens is 2. The molecule has 0 saturated heterocycles. The number of amides is 2. The van der Waals surface area contributed by atoms with Crippen LogP contribution in [-0.2, 0) is 0 Å². The van der Waals surface area contributed by atoms with Gasteiger partial charge in [0, 0.05) is 41.9 Å². The quantitative estimate of drug-likeness (QED) is 0.775. The molecule has 2 aromatic carbocycles. The summed E-state index contributed by atoms with van der Waals surface area (Å²) in [6, 6.07) is 13.9. The van der Waals surface area contributed by atoms with E-state index in [1.54, 1.807) is 56.0 Å². The number of anilines is 1. The summed E-state index contributed by atoms with van der Waals surface area (Å²) in [5, 5.41) is 5.36. The number of nitrogens with one attached hydrogen (secondary N) is 2. The molecule has 0 fully saturated rings. The number of imidazole rings is 1. The van der Waals surface area contributed by atoms with Crippen molar-refractivity contribution >= 4 is 17.5 Å². The highest BCUT2D eigenvalue weighted by Crippen LogP contribution is 2.13. The molecule has 6 heteroatoms. The Morgan fingerprint density at radius 2 is 1.54 bits per heavy atom. The largest absolute Gasteiger partial charge is 0.355 e. The highest BCUT2D eigenvalue weighted by atomic mass is 16.2. The lowest BCUT2D eigenvalue weighted by atomic mass is 10.1. The molecule has 0 atom stereocenters. The molecule has 0 aliphatic heterocycles. The third kappa shape index (κ3) is 3.33. The van der Waals surface area contributed by atoms with Crippen LogP contribution in [0.2, 0.25) is 0 Å². The van der Waals surface area contributed by atoms with E-state index in [4.69, 9.17) is 0 Å². The van der Waals surface area contributed by atoms with Crippen LogP contribution in [0.5, 0.6) is 0 Å². The number of nitrogens with zero attached hydrogens (tertiary/aromatic N) is 2. The van der Waals surface area contributed by atoms with Crippen LogP contribution in [0.25, 0.3) is 5.69 Å². The van der Waals surface area contributed by atoms with E-state index in [-0.39, 0.29) is 11.8 Å². The Labute approximate surface area is 139 Å². The fourth-order valence-corrected chi connectivity index (χ4v) is 2.25. The summed E-state index contributed by atoms with van der Waals surface area (Å²) in [5.74, 6) is -0.372. The van der Waals surface area contributed by atoms with Crippen molar-refractivity contribution in [3.8, 4) is 5.69 Å². The van der Waals surface area contributed by atoms with E-state index in [9.17, 15) is 9.59 Å². The normalized spacial score (nSPS) is 10.2. The van der Waals surface area contributed by atoms with Gasteiger partial charge in [-0.2, -0.15) is 0 Å². The molecule has 0 bridgehead atoms. The van der Waals surface area contributed by atoms with Gasteiger partial charge in [0.15, 0.2) is 0 Å². The average Bonchev–Trinajstić information content (AvgIpc) is 3.16. The topological polar surface area (TPSA) is 76.0 Å². The average molecular weight is 320 g/mol. The van der Waals surface area contributed by atoms with Crippen LogP contribution < -0.4 is 10.6 Å². The van der Waals surface area contributed by atoms with Crippen LogP contribution in [-0.4, -0.2) is 28.4 Å². The first-order chi connectivity index (χ1) is 11.7. The van der Waals surface area contributed by atoms with Crippen molar-refractivity contribution in [3.05, 3.63) is 78.4 Å². The Morgan fingerprint density at radius 1 is 0.917 bits per heavy atom. The number of benzene rings is 2. The van der Waals surface area contributed by atoms with Gasteiger partial charge in [-0.1, -0.05) is 0 Å². The van der Waals surface area contributed by atoms with E-state index in [1.165, 1.54) is 0 Å². The molecule has 0 saturated carbocycles. The van der Waals surface area contributed by atoms with Gasteiger partial charge >= 0.3 is 0 Å². The molecule has 0 unspecified atom stereocenters. The van der Waals surface area contributed by atoms with Gasteiger partial charge < -0.3 is 15.2 Å². The smallest absolute Gasteiger partial charge is 0.255 e. The first kappa shape index (κ1) is 15.5. The molecule has 6 nitrogen and oxygen atoms in total. The minimum Gasteiger partial charge on any atom is -0.355 e. The molecule has 0 spiro atoms. The second-order valence-corrected chi connectivity index (χ2v) is 5.13. The minimum atomic E-state index is -0.208. The summed E-state index contributed by atoms with van der Waals surface area (Å²) < 4.78 is 1.86. The van der Waals surface area contributed by atoms with E-state index in [0.717, 1.165) is 5.69 Å². The first-order valence-electron chi connectivity index (χ1n) is 7.39. The fraction of sp³-hybridized carbons (Fsp3) is 0.0556. The molecule has 0 aliphatic rings. The lowest BCUT2D eigenvalue weighted by molar-refractivity contribution is 0.0962. The van der Waals surface area contributed by atoms with Crippen LogP contribution in [0.1, 0.15) is 20.7 Å². The number of carbonyl (C=O) groups excluding carboxylic acids is 2. The molecular weight excluding hydrogens is 304 g/mol. The molecule has 3 rings (SSSR count). The van der Waals surface area contributed by atoms with Gasteiger partial charge in [0.25, 0.3) is 11.8 Å². The Kier molecular flexibility index (Phi) is 4.38. The molecule has 0 radical (unpaired) electrons. The van der Waals surface area contributed by atoms with Gasteiger partial charge in [0.05, 0.1) is 6.33 Å². The summed E-state index contributed by atoms with van der Waals surface area (Å²) in [6.07, 6.45) is 5.23. The molecule has 1 aromatic heterocycles. The van der Waals surface area contributed by atoms with E-state index < -0.39 is 0 Å². The zero-order chi connectivity index (χ0) is 16.9. The van der Waals surface area contributed by atoms with E-state index in [1.807, 2.05) is 22.9 Å². The maximum atomic E-state index is 12.3. The first-order valence-corrected chi connectivity index (χ1v) is 7.39. The monoisotopic (exact) mass is 320 g/mol. The third-order valence-electron chi connectivity index (χ3n) is 3.56. The van der Waals surface area contributed by atoms with Gasteiger partial charge in [0.2, 0.25) is 0 Å². The van der Waals surface area contributed by atoms with Gasteiger partial charge in [-0.25, -0.2) is 4.98 Å². The second-order valence-electron chi connectivity index (χ2n) is 5.13. The number of rotatable bonds is 4. The van der Waals surface area contributed by atoms with Gasteiger partial charge in [-0.05, 0) is 48.5 Å². The minimum absolute atomic E-state index is 0.164. The summed E-state index contributed by atoms with van der Waals surface area (Å²) in [7, 11) is 1.57. The van der Waals surface area contributed by atoms with E-state index in [0.29, 0.717) is 16.8 Å². The van der Waals surface area contributed by atoms with Crippen molar-refractivity contribution in [2.24, 2.45) is 0 Å². The molecule has 24 heavy (non-hydrogen) atoms. The molecule has 3 aromatic rings.